The van der Waals surface area contributed by atoms with Gasteiger partial charge in [-0.15, -0.1) is 11.3 Å². The number of thiazole rings is 1. The Balaban J connectivity index is 2.59. The van der Waals surface area contributed by atoms with Crippen molar-refractivity contribution in [3.05, 3.63) is 39.1 Å². The lowest BCUT2D eigenvalue weighted by Crippen LogP contribution is -1.79. The van der Waals surface area contributed by atoms with Gasteiger partial charge < -0.3 is 0 Å². The minimum Gasteiger partial charge on any atom is -0.245 e. The zero-order chi connectivity index (χ0) is 9.26. The van der Waals surface area contributed by atoms with E-state index in [1.165, 1.54) is 11.3 Å². The smallest absolute Gasteiger partial charge is 0.0826 e. The molecule has 0 amide bonds. The van der Waals surface area contributed by atoms with Gasteiger partial charge in [0, 0.05) is 10.9 Å². The van der Waals surface area contributed by atoms with E-state index in [1.54, 1.807) is 11.6 Å². The van der Waals surface area contributed by atoms with Crippen molar-refractivity contribution < 1.29 is 0 Å². The lowest BCUT2D eigenvalue weighted by atomic mass is 10.2. The fourth-order valence-corrected chi connectivity index (χ4v) is 2.00. The largest absolute Gasteiger partial charge is 0.245 e. The molecule has 2 aromatic rings. The summed E-state index contributed by atoms with van der Waals surface area (Å²) in [5.74, 6) is 0. The average Bonchev–Trinajstić information content (AvgIpc) is 2.62. The third-order valence-electron chi connectivity index (χ3n) is 1.66. The Labute approximate surface area is 90.0 Å². The number of nitrogens with zero attached hydrogens (tertiary/aromatic N) is 1. The zero-order valence-electron chi connectivity index (χ0n) is 6.50. The van der Waals surface area contributed by atoms with Crippen LogP contribution in [0.3, 0.4) is 0 Å². The molecule has 4 heteroatoms. The maximum atomic E-state index is 6.02. The van der Waals surface area contributed by atoms with Crippen LogP contribution >= 0.6 is 34.5 Å². The zero-order valence-corrected chi connectivity index (χ0v) is 8.83. The van der Waals surface area contributed by atoms with Gasteiger partial charge in [-0.25, -0.2) is 4.98 Å². The van der Waals surface area contributed by atoms with Crippen molar-refractivity contribution in [1.29, 1.82) is 0 Å². The second-order valence-electron chi connectivity index (χ2n) is 2.48. The summed E-state index contributed by atoms with van der Waals surface area (Å²) in [6.45, 7) is 0. The molecule has 0 aliphatic carbocycles. The van der Waals surface area contributed by atoms with Crippen molar-refractivity contribution >= 4 is 34.5 Å². The molecule has 0 radical (unpaired) electrons. The average molecular weight is 230 g/mol. The molecule has 1 heterocycles. The van der Waals surface area contributed by atoms with Crippen LogP contribution in [-0.4, -0.2) is 4.98 Å². The first-order valence-electron chi connectivity index (χ1n) is 3.61. The summed E-state index contributed by atoms with van der Waals surface area (Å²) in [6, 6.07) is 5.53. The Morgan fingerprint density at radius 3 is 2.77 bits per heavy atom. The third-order valence-corrected chi connectivity index (χ3v) is 3.07. The van der Waals surface area contributed by atoms with E-state index in [0.29, 0.717) is 10.0 Å². The Kier molecular flexibility index (Phi) is 2.54. The van der Waals surface area contributed by atoms with E-state index in [9.17, 15) is 0 Å². The highest BCUT2D eigenvalue weighted by Gasteiger charge is 2.07. The van der Waals surface area contributed by atoms with E-state index in [4.69, 9.17) is 23.2 Å². The molecule has 13 heavy (non-hydrogen) atoms. The molecule has 0 aliphatic heterocycles. The number of hydrogen-bond acceptors (Lipinski definition) is 2. The topological polar surface area (TPSA) is 12.9 Å². The molecule has 0 bridgehead atoms. The van der Waals surface area contributed by atoms with Gasteiger partial charge in [-0.1, -0.05) is 35.3 Å². The molecular weight excluding hydrogens is 225 g/mol. The maximum Gasteiger partial charge on any atom is 0.0826 e. The summed E-state index contributed by atoms with van der Waals surface area (Å²) in [7, 11) is 0. The summed E-state index contributed by atoms with van der Waals surface area (Å²) >= 11 is 13.4. The predicted molar refractivity (Wildman–Crippen MR) is 57.6 cm³/mol. The predicted octanol–water partition coefficient (Wildman–Crippen LogP) is 4.12. The number of aromatic nitrogens is 1. The monoisotopic (exact) mass is 229 g/mol. The first kappa shape index (κ1) is 9.00. The van der Waals surface area contributed by atoms with Crippen LogP contribution in [0.5, 0.6) is 0 Å². The van der Waals surface area contributed by atoms with Crippen LogP contribution in [0.4, 0.5) is 0 Å². The third kappa shape index (κ3) is 1.70. The maximum absolute atomic E-state index is 6.02. The second kappa shape index (κ2) is 3.66. The summed E-state index contributed by atoms with van der Waals surface area (Å²) < 4.78 is 0. The van der Waals surface area contributed by atoms with Crippen LogP contribution in [-0.2, 0) is 0 Å². The van der Waals surface area contributed by atoms with E-state index in [0.717, 1.165) is 11.3 Å². The van der Waals surface area contributed by atoms with Gasteiger partial charge in [0.2, 0.25) is 0 Å². The van der Waals surface area contributed by atoms with E-state index < -0.39 is 0 Å². The highest BCUT2D eigenvalue weighted by atomic mass is 35.5. The van der Waals surface area contributed by atoms with Crippen LogP contribution in [0.25, 0.3) is 11.3 Å². The molecule has 1 nitrogen and oxygen atoms in total. The van der Waals surface area contributed by atoms with Gasteiger partial charge in [0.15, 0.2) is 0 Å². The molecule has 1 aromatic carbocycles. The van der Waals surface area contributed by atoms with Crippen LogP contribution in [0.2, 0.25) is 10.0 Å². The van der Waals surface area contributed by atoms with E-state index in [-0.39, 0.29) is 0 Å². The standard InChI is InChI=1S/C9H5Cl2NS/c10-7-3-1-2-6(9(7)11)8-4-13-5-12-8/h1-5H. The molecule has 0 spiro atoms. The number of halogens is 2. The fourth-order valence-electron chi connectivity index (χ4n) is 1.05. The van der Waals surface area contributed by atoms with Crippen molar-refractivity contribution in [1.82, 2.24) is 4.98 Å². The minimum atomic E-state index is 0.562. The molecule has 0 saturated carbocycles. The molecule has 0 unspecified atom stereocenters. The fraction of sp³-hybridized carbons (Fsp3) is 0. The first-order valence-corrected chi connectivity index (χ1v) is 5.31. The highest BCUT2D eigenvalue weighted by Crippen LogP contribution is 2.32. The minimum absolute atomic E-state index is 0.562. The molecule has 0 saturated heterocycles. The van der Waals surface area contributed by atoms with Crippen LogP contribution < -0.4 is 0 Å². The lowest BCUT2D eigenvalue weighted by molar-refractivity contribution is 1.41. The first-order chi connectivity index (χ1) is 6.29. The molecule has 66 valence electrons. The molecule has 0 aliphatic rings. The molecular formula is C9H5Cl2NS. The molecule has 1 aromatic heterocycles. The van der Waals surface area contributed by atoms with Crippen LogP contribution in [0, 0.1) is 0 Å². The van der Waals surface area contributed by atoms with Crippen LogP contribution in [0.1, 0.15) is 0 Å². The summed E-state index contributed by atoms with van der Waals surface area (Å²) in [5, 5.41) is 3.07. The van der Waals surface area contributed by atoms with Gasteiger partial charge in [-0.05, 0) is 6.07 Å². The van der Waals surface area contributed by atoms with E-state index >= 15 is 0 Å². The Hall–Kier alpha value is -0.570. The van der Waals surface area contributed by atoms with E-state index in [1.807, 2.05) is 17.5 Å². The molecule has 0 fully saturated rings. The SMILES string of the molecule is Clc1cccc(-c2cscn2)c1Cl. The Morgan fingerprint density at radius 1 is 1.23 bits per heavy atom. The summed E-state index contributed by atoms with van der Waals surface area (Å²) in [5.41, 5.74) is 3.53. The van der Waals surface area contributed by atoms with Gasteiger partial charge in [0.05, 0.1) is 21.2 Å². The Morgan fingerprint density at radius 2 is 2.08 bits per heavy atom. The number of hydrogen-bond donors (Lipinski definition) is 0. The van der Waals surface area contributed by atoms with Crippen molar-refractivity contribution in [2.24, 2.45) is 0 Å². The molecule has 0 N–H and O–H groups in total. The van der Waals surface area contributed by atoms with Crippen molar-refractivity contribution in [2.75, 3.05) is 0 Å². The second-order valence-corrected chi connectivity index (χ2v) is 3.98. The quantitative estimate of drug-likeness (QED) is 0.718. The van der Waals surface area contributed by atoms with Gasteiger partial charge in [-0.3, -0.25) is 0 Å². The van der Waals surface area contributed by atoms with Gasteiger partial charge >= 0.3 is 0 Å². The summed E-state index contributed by atoms with van der Waals surface area (Å²) in [6.07, 6.45) is 0. The number of rotatable bonds is 1. The highest BCUT2D eigenvalue weighted by molar-refractivity contribution is 7.07. The van der Waals surface area contributed by atoms with Crippen molar-refractivity contribution in [3.63, 3.8) is 0 Å². The Bertz CT molecular complexity index is 412. The van der Waals surface area contributed by atoms with Crippen molar-refractivity contribution in [3.8, 4) is 11.3 Å². The van der Waals surface area contributed by atoms with Gasteiger partial charge in [0.1, 0.15) is 0 Å². The lowest BCUT2D eigenvalue weighted by Gasteiger charge is -2.01. The van der Waals surface area contributed by atoms with Gasteiger partial charge in [-0.2, -0.15) is 0 Å². The van der Waals surface area contributed by atoms with E-state index in [2.05, 4.69) is 4.98 Å². The molecule has 2 rings (SSSR count). The van der Waals surface area contributed by atoms with Crippen molar-refractivity contribution in [2.45, 2.75) is 0 Å². The summed E-state index contributed by atoms with van der Waals surface area (Å²) in [4.78, 5) is 4.16. The molecule has 0 atom stereocenters. The van der Waals surface area contributed by atoms with Crippen LogP contribution in [0.15, 0.2) is 29.1 Å². The number of benzene rings is 1. The normalized spacial score (nSPS) is 10.3. The van der Waals surface area contributed by atoms with Gasteiger partial charge in [0.25, 0.3) is 0 Å².